The van der Waals surface area contributed by atoms with Crippen LogP contribution in [0.4, 0.5) is 0 Å². The van der Waals surface area contributed by atoms with Gasteiger partial charge in [-0.15, -0.1) is 0 Å². The quantitative estimate of drug-likeness (QED) is 0.707. The summed E-state index contributed by atoms with van der Waals surface area (Å²) in [6.07, 6.45) is 5.05. The topological polar surface area (TPSA) is 24.9 Å². The molecule has 1 heterocycles. The molecule has 0 saturated carbocycles. The SMILES string of the molecule is COc1cc2c(cc1OC)C(N([Si](C)C)C(C)(C)C)C=C2N1CCCC1. The first kappa shape index (κ1) is 19.3. The lowest BCUT2D eigenvalue weighted by Crippen LogP contribution is -2.49. The molecule has 1 aromatic carbocycles. The van der Waals surface area contributed by atoms with E-state index in [0.29, 0.717) is 6.04 Å². The van der Waals surface area contributed by atoms with Gasteiger partial charge in [0.1, 0.15) is 8.96 Å². The fraction of sp³-hybridized carbons (Fsp3) is 0.619. The second-order valence-electron chi connectivity index (χ2n) is 8.47. The molecule has 1 radical (unpaired) electrons. The zero-order valence-electron chi connectivity index (χ0n) is 17.3. The van der Waals surface area contributed by atoms with Crippen molar-refractivity contribution >= 4 is 14.7 Å². The molecule has 3 rings (SSSR count). The van der Waals surface area contributed by atoms with Crippen LogP contribution in [0.1, 0.15) is 50.8 Å². The normalized spacial score (nSPS) is 20.0. The first-order chi connectivity index (χ1) is 12.3. The molecule has 1 atom stereocenters. The number of ether oxygens (including phenoxy) is 2. The number of benzene rings is 1. The molecule has 26 heavy (non-hydrogen) atoms. The van der Waals surface area contributed by atoms with Crippen LogP contribution >= 0.6 is 0 Å². The second-order valence-corrected chi connectivity index (χ2v) is 10.8. The van der Waals surface area contributed by atoms with Crippen molar-refractivity contribution in [3.05, 3.63) is 29.3 Å². The Balaban J connectivity index is 2.14. The molecule has 1 aliphatic carbocycles. The first-order valence-corrected chi connectivity index (χ1v) is 12.0. The third kappa shape index (κ3) is 3.39. The molecular formula is C21H33N2O2Si. The maximum absolute atomic E-state index is 5.62. The molecule has 0 aromatic heterocycles. The van der Waals surface area contributed by atoms with Gasteiger partial charge in [0.15, 0.2) is 11.5 Å². The fourth-order valence-corrected chi connectivity index (χ4v) is 6.62. The summed E-state index contributed by atoms with van der Waals surface area (Å²) in [6.45, 7) is 14.1. The van der Waals surface area contributed by atoms with Gasteiger partial charge in [-0.25, -0.2) is 0 Å². The van der Waals surface area contributed by atoms with Crippen LogP contribution < -0.4 is 9.47 Å². The van der Waals surface area contributed by atoms with Gasteiger partial charge in [-0.3, -0.25) is 0 Å². The van der Waals surface area contributed by atoms with Gasteiger partial charge in [0.25, 0.3) is 0 Å². The lowest BCUT2D eigenvalue weighted by molar-refractivity contribution is 0.215. The van der Waals surface area contributed by atoms with E-state index in [0.717, 1.165) is 24.6 Å². The van der Waals surface area contributed by atoms with E-state index in [-0.39, 0.29) is 5.54 Å². The Hall–Kier alpha value is -1.46. The van der Waals surface area contributed by atoms with E-state index in [2.05, 4.69) is 61.5 Å². The third-order valence-corrected chi connectivity index (χ3v) is 7.31. The van der Waals surface area contributed by atoms with Crippen molar-refractivity contribution in [2.75, 3.05) is 27.3 Å². The Labute approximate surface area is 160 Å². The molecule has 143 valence electrons. The molecule has 5 heteroatoms. The van der Waals surface area contributed by atoms with E-state index in [4.69, 9.17) is 9.47 Å². The molecule has 0 spiro atoms. The highest BCUT2D eigenvalue weighted by molar-refractivity contribution is 6.53. The Morgan fingerprint density at radius 3 is 2.12 bits per heavy atom. The van der Waals surface area contributed by atoms with Crippen molar-refractivity contribution in [2.45, 2.75) is 58.3 Å². The summed E-state index contributed by atoms with van der Waals surface area (Å²) >= 11 is 0. The van der Waals surface area contributed by atoms with Crippen LogP contribution in [0.15, 0.2) is 18.2 Å². The highest BCUT2D eigenvalue weighted by Gasteiger charge is 2.38. The van der Waals surface area contributed by atoms with Crippen LogP contribution in [0.2, 0.25) is 13.1 Å². The average Bonchev–Trinajstić information content (AvgIpc) is 3.20. The maximum atomic E-state index is 5.62. The second kappa shape index (κ2) is 7.28. The van der Waals surface area contributed by atoms with Crippen molar-refractivity contribution in [1.82, 2.24) is 9.47 Å². The van der Waals surface area contributed by atoms with E-state index >= 15 is 0 Å². The Kier molecular flexibility index (Phi) is 5.40. The highest BCUT2D eigenvalue weighted by atomic mass is 28.3. The van der Waals surface area contributed by atoms with Gasteiger partial charge in [0.2, 0.25) is 0 Å². The number of rotatable bonds is 5. The lowest BCUT2D eigenvalue weighted by atomic mass is 10.0. The zero-order chi connectivity index (χ0) is 19.1. The van der Waals surface area contributed by atoms with Crippen molar-refractivity contribution in [3.8, 4) is 11.5 Å². The molecule has 4 nitrogen and oxygen atoms in total. The molecule has 1 aliphatic heterocycles. The number of fused-ring (bicyclic) bond motifs is 1. The van der Waals surface area contributed by atoms with Gasteiger partial charge in [-0.1, -0.05) is 13.1 Å². The van der Waals surface area contributed by atoms with Crippen LogP contribution in [0, 0.1) is 0 Å². The molecule has 0 bridgehead atoms. The molecule has 1 unspecified atom stereocenters. The summed E-state index contributed by atoms with van der Waals surface area (Å²) < 4.78 is 13.9. The molecule has 1 saturated heterocycles. The minimum Gasteiger partial charge on any atom is -0.493 e. The molecular weight excluding hydrogens is 340 g/mol. The smallest absolute Gasteiger partial charge is 0.161 e. The number of methoxy groups -OCH3 is 2. The van der Waals surface area contributed by atoms with Crippen LogP contribution in [0.25, 0.3) is 5.70 Å². The fourth-order valence-electron chi connectivity index (χ4n) is 4.50. The summed E-state index contributed by atoms with van der Waals surface area (Å²) in [6, 6.07) is 4.67. The minimum atomic E-state index is -0.637. The largest absolute Gasteiger partial charge is 0.493 e. The molecule has 2 aliphatic rings. The molecule has 0 amide bonds. The van der Waals surface area contributed by atoms with Crippen LogP contribution in [0.3, 0.4) is 0 Å². The number of nitrogens with zero attached hydrogens (tertiary/aromatic N) is 2. The van der Waals surface area contributed by atoms with Crippen LogP contribution in [0.5, 0.6) is 11.5 Å². The van der Waals surface area contributed by atoms with Crippen molar-refractivity contribution < 1.29 is 9.47 Å². The Morgan fingerprint density at radius 1 is 1.04 bits per heavy atom. The van der Waals surface area contributed by atoms with Gasteiger partial charge in [0.05, 0.1) is 20.3 Å². The Bertz CT molecular complexity index is 688. The van der Waals surface area contributed by atoms with Gasteiger partial charge >= 0.3 is 0 Å². The number of hydrogen-bond acceptors (Lipinski definition) is 4. The van der Waals surface area contributed by atoms with Gasteiger partial charge in [-0.2, -0.15) is 0 Å². The molecule has 1 aromatic rings. The van der Waals surface area contributed by atoms with Gasteiger partial charge in [-0.05, 0) is 57.4 Å². The van der Waals surface area contributed by atoms with E-state index in [1.165, 1.54) is 29.7 Å². The molecule has 0 N–H and O–H groups in total. The lowest BCUT2D eigenvalue weighted by Gasteiger charge is -2.42. The van der Waals surface area contributed by atoms with Gasteiger partial charge < -0.3 is 18.9 Å². The highest BCUT2D eigenvalue weighted by Crippen LogP contribution is 2.47. The van der Waals surface area contributed by atoms with E-state index in [9.17, 15) is 0 Å². The number of hydrogen-bond donors (Lipinski definition) is 0. The van der Waals surface area contributed by atoms with Crippen molar-refractivity contribution in [2.24, 2.45) is 0 Å². The zero-order valence-corrected chi connectivity index (χ0v) is 18.3. The van der Waals surface area contributed by atoms with Crippen molar-refractivity contribution in [3.63, 3.8) is 0 Å². The minimum absolute atomic E-state index is 0.115. The third-order valence-electron chi connectivity index (χ3n) is 5.40. The van der Waals surface area contributed by atoms with Crippen LogP contribution in [-0.2, 0) is 0 Å². The summed E-state index contributed by atoms with van der Waals surface area (Å²) in [5, 5.41) is 0. The van der Waals surface area contributed by atoms with Crippen LogP contribution in [-0.4, -0.2) is 51.3 Å². The monoisotopic (exact) mass is 373 g/mol. The summed E-state index contributed by atoms with van der Waals surface area (Å²) in [4.78, 5) is 2.54. The summed E-state index contributed by atoms with van der Waals surface area (Å²) in [5.74, 6) is 1.64. The standard InChI is InChI=1S/C21H33N2O2Si/c1-21(2,3)23(26(6)7)18-14-17(22-10-8-9-11-22)15-12-19(24-4)20(25-5)13-16(15)18/h12-14,18H,8-11H2,1-7H3. The summed E-state index contributed by atoms with van der Waals surface area (Å²) in [7, 11) is 2.80. The van der Waals surface area contributed by atoms with E-state index in [1.54, 1.807) is 14.2 Å². The summed E-state index contributed by atoms with van der Waals surface area (Å²) in [5.41, 5.74) is 4.16. The Morgan fingerprint density at radius 2 is 1.62 bits per heavy atom. The van der Waals surface area contributed by atoms with Crippen molar-refractivity contribution in [1.29, 1.82) is 0 Å². The maximum Gasteiger partial charge on any atom is 0.161 e. The van der Waals surface area contributed by atoms with Gasteiger partial charge in [0, 0.05) is 29.9 Å². The number of likely N-dealkylation sites (tertiary alicyclic amines) is 1. The predicted octanol–water partition coefficient (Wildman–Crippen LogP) is 4.55. The molecule has 1 fully saturated rings. The van der Waals surface area contributed by atoms with E-state index < -0.39 is 8.96 Å². The average molecular weight is 374 g/mol. The predicted molar refractivity (Wildman–Crippen MR) is 110 cm³/mol. The van der Waals surface area contributed by atoms with E-state index in [1.807, 2.05) is 0 Å². The first-order valence-electron chi connectivity index (χ1n) is 9.60.